The van der Waals surface area contributed by atoms with Crippen molar-refractivity contribution in [3.05, 3.63) is 38.4 Å². The fourth-order valence-electron chi connectivity index (χ4n) is 1.42. The van der Waals surface area contributed by atoms with Crippen LogP contribution in [-0.2, 0) is 10.0 Å². The molecule has 0 fully saturated rings. The van der Waals surface area contributed by atoms with E-state index in [1.54, 1.807) is 19.0 Å². The largest absolute Gasteiger partial charge is 0.308 e. The second-order valence-electron chi connectivity index (χ2n) is 4.40. The Kier molecular flexibility index (Phi) is 5.29. The van der Waals surface area contributed by atoms with Crippen LogP contribution in [-0.4, -0.2) is 50.3 Å². The van der Waals surface area contributed by atoms with Crippen molar-refractivity contribution in [1.82, 2.24) is 9.62 Å². The van der Waals surface area contributed by atoms with Crippen LogP contribution in [0.3, 0.4) is 0 Å². The van der Waals surface area contributed by atoms with Crippen molar-refractivity contribution in [2.45, 2.75) is 4.90 Å². The lowest BCUT2D eigenvalue weighted by molar-refractivity contribution is -0.394. The minimum atomic E-state index is -4.05. The van der Waals surface area contributed by atoms with Gasteiger partial charge in [0.05, 0.1) is 20.8 Å². The van der Waals surface area contributed by atoms with Gasteiger partial charge < -0.3 is 4.90 Å². The Morgan fingerprint density at radius 3 is 1.95 bits per heavy atom. The molecule has 1 N–H and O–H groups in total. The summed E-state index contributed by atoms with van der Waals surface area (Å²) >= 11 is 0. The quantitative estimate of drug-likeness (QED) is 0.565. The lowest BCUT2D eigenvalue weighted by Gasteiger charge is -2.10. The number of likely N-dealkylation sites (N-methyl/N-ethyl adjacent to an activating group) is 1. The molecule has 0 unspecified atom stereocenters. The third kappa shape index (κ3) is 4.73. The van der Waals surface area contributed by atoms with E-state index in [-0.39, 0.29) is 6.54 Å². The monoisotopic (exact) mass is 318 g/mol. The first-order valence-electron chi connectivity index (χ1n) is 5.72. The summed E-state index contributed by atoms with van der Waals surface area (Å²) in [6.07, 6.45) is 0. The third-order valence-corrected chi connectivity index (χ3v) is 3.90. The number of nitrogens with one attached hydrogen (secondary N) is 1. The van der Waals surface area contributed by atoms with E-state index in [2.05, 4.69) is 4.72 Å². The molecule has 0 heterocycles. The van der Waals surface area contributed by atoms with Gasteiger partial charge in [0.25, 0.3) is 11.4 Å². The van der Waals surface area contributed by atoms with Crippen molar-refractivity contribution in [3.8, 4) is 0 Å². The van der Waals surface area contributed by atoms with Crippen LogP contribution >= 0.6 is 0 Å². The maximum atomic E-state index is 12.0. The molecule has 0 aromatic heterocycles. The van der Waals surface area contributed by atoms with Gasteiger partial charge in [-0.05, 0) is 14.1 Å². The van der Waals surface area contributed by atoms with Crippen molar-refractivity contribution in [2.24, 2.45) is 0 Å². The van der Waals surface area contributed by atoms with Gasteiger partial charge >= 0.3 is 0 Å². The molecule has 0 aliphatic rings. The second kappa shape index (κ2) is 6.56. The molecule has 0 spiro atoms. The van der Waals surface area contributed by atoms with Crippen LogP contribution in [0.1, 0.15) is 0 Å². The van der Waals surface area contributed by atoms with Crippen LogP contribution in [0, 0.1) is 20.2 Å². The Labute approximate surface area is 120 Å². The zero-order chi connectivity index (χ0) is 16.2. The molecule has 1 aromatic rings. The SMILES string of the molecule is CN(C)CCNS(=O)(=O)c1cc([N+](=O)[O-])cc([N+](=O)[O-])c1. The number of benzene rings is 1. The van der Waals surface area contributed by atoms with E-state index in [9.17, 15) is 28.6 Å². The van der Waals surface area contributed by atoms with Gasteiger partial charge in [-0.3, -0.25) is 20.2 Å². The van der Waals surface area contributed by atoms with Crippen molar-refractivity contribution in [3.63, 3.8) is 0 Å². The summed E-state index contributed by atoms with van der Waals surface area (Å²) < 4.78 is 26.2. The number of hydrogen-bond donors (Lipinski definition) is 1. The van der Waals surface area contributed by atoms with E-state index >= 15 is 0 Å². The molecule has 0 aliphatic carbocycles. The van der Waals surface area contributed by atoms with Gasteiger partial charge in [0.2, 0.25) is 10.0 Å². The summed E-state index contributed by atoms with van der Waals surface area (Å²) in [7, 11) is -0.568. The third-order valence-electron chi connectivity index (χ3n) is 2.46. The van der Waals surface area contributed by atoms with E-state index in [1.165, 1.54) is 0 Å². The number of nitro groups is 2. The molecule has 0 atom stereocenters. The van der Waals surface area contributed by atoms with Gasteiger partial charge in [-0.25, -0.2) is 13.1 Å². The van der Waals surface area contributed by atoms with Crippen molar-refractivity contribution < 1.29 is 18.3 Å². The van der Waals surface area contributed by atoms with Crippen LogP contribution in [0.4, 0.5) is 11.4 Å². The van der Waals surface area contributed by atoms with E-state index in [4.69, 9.17) is 0 Å². The van der Waals surface area contributed by atoms with E-state index in [1.807, 2.05) is 0 Å². The van der Waals surface area contributed by atoms with Crippen molar-refractivity contribution in [1.29, 1.82) is 0 Å². The van der Waals surface area contributed by atoms with Crippen molar-refractivity contribution in [2.75, 3.05) is 27.2 Å². The average Bonchev–Trinajstić information content (AvgIpc) is 2.37. The Bertz CT molecular complexity index is 625. The molecule has 0 aliphatic heterocycles. The minimum Gasteiger partial charge on any atom is -0.308 e. The first-order chi connectivity index (χ1) is 9.63. The van der Waals surface area contributed by atoms with E-state index in [0.29, 0.717) is 12.6 Å². The van der Waals surface area contributed by atoms with Crippen LogP contribution < -0.4 is 4.72 Å². The number of nitrogens with zero attached hydrogens (tertiary/aromatic N) is 3. The normalized spacial score (nSPS) is 11.6. The number of sulfonamides is 1. The number of rotatable bonds is 7. The molecule has 21 heavy (non-hydrogen) atoms. The summed E-state index contributed by atoms with van der Waals surface area (Å²) in [5.41, 5.74) is -1.31. The highest BCUT2D eigenvalue weighted by Crippen LogP contribution is 2.25. The summed E-state index contributed by atoms with van der Waals surface area (Å²) in [4.78, 5) is 20.9. The molecule has 0 radical (unpaired) electrons. The first kappa shape index (κ1) is 16.9. The van der Waals surface area contributed by atoms with Crippen molar-refractivity contribution >= 4 is 21.4 Å². The topological polar surface area (TPSA) is 136 Å². The highest BCUT2D eigenvalue weighted by molar-refractivity contribution is 7.89. The summed E-state index contributed by atoms with van der Waals surface area (Å²) in [6, 6.07) is 2.27. The summed E-state index contributed by atoms with van der Waals surface area (Å²) in [5, 5.41) is 21.4. The van der Waals surface area contributed by atoms with Gasteiger partial charge in [-0.2, -0.15) is 0 Å². The number of non-ortho nitro benzene ring substituents is 2. The standard InChI is InChI=1S/C10H14N4O6S/c1-12(2)4-3-11-21(19,20)10-6-8(13(15)16)5-9(7-10)14(17)18/h5-7,11H,3-4H2,1-2H3. The van der Waals surface area contributed by atoms with E-state index < -0.39 is 36.1 Å². The summed E-state index contributed by atoms with van der Waals surface area (Å²) in [5.74, 6) is 0. The highest BCUT2D eigenvalue weighted by atomic mass is 32.2. The predicted molar refractivity (Wildman–Crippen MR) is 73.5 cm³/mol. The maximum Gasteiger partial charge on any atom is 0.277 e. The Morgan fingerprint density at radius 2 is 1.57 bits per heavy atom. The first-order valence-corrected chi connectivity index (χ1v) is 7.20. The molecule has 0 saturated heterocycles. The molecule has 0 saturated carbocycles. The zero-order valence-electron chi connectivity index (χ0n) is 11.3. The molecule has 0 bridgehead atoms. The minimum absolute atomic E-state index is 0.0752. The summed E-state index contributed by atoms with van der Waals surface area (Å²) in [6.45, 7) is 0.488. The molecule has 1 rings (SSSR count). The van der Waals surface area contributed by atoms with Crippen LogP contribution in [0.5, 0.6) is 0 Å². The average molecular weight is 318 g/mol. The smallest absolute Gasteiger partial charge is 0.277 e. The van der Waals surface area contributed by atoms with Gasteiger partial charge in [0.1, 0.15) is 0 Å². The molecule has 1 aromatic carbocycles. The van der Waals surface area contributed by atoms with Gasteiger partial charge in [0, 0.05) is 25.2 Å². The lowest BCUT2D eigenvalue weighted by atomic mass is 10.3. The van der Waals surface area contributed by atoms with Gasteiger partial charge in [-0.15, -0.1) is 0 Å². The van der Waals surface area contributed by atoms with Gasteiger partial charge in [0.15, 0.2) is 0 Å². The lowest BCUT2D eigenvalue weighted by Crippen LogP contribution is -2.31. The molecule has 10 nitrogen and oxygen atoms in total. The molecular formula is C10H14N4O6S. The van der Waals surface area contributed by atoms with Crippen LogP contribution in [0.25, 0.3) is 0 Å². The maximum absolute atomic E-state index is 12.0. The molecule has 11 heteroatoms. The second-order valence-corrected chi connectivity index (χ2v) is 6.17. The molecule has 0 amide bonds. The predicted octanol–water partition coefficient (Wildman–Crippen LogP) is 0.343. The molecular weight excluding hydrogens is 304 g/mol. The zero-order valence-corrected chi connectivity index (χ0v) is 12.2. The van der Waals surface area contributed by atoms with Crippen LogP contribution in [0.15, 0.2) is 23.1 Å². The van der Waals surface area contributed by atoms with Gasteiger partial charge in [-0.1, -0.05) is 0 Å². The highest BCUT2D eigenvalue weighted by Gasteiger charge is 2.23. The van der Waals surface area contributed by atoms with Crippen LogP contribution in [0.2, 0.25) is 0 Å². The van der Waals surface area contributed by atoms with E-state index in [0.717, 1.165) is 12.1 Å². The Hall–Kier alpha value is -2.11. The fourth-order valence-corrected chi connectivity index (χ4v) is 2.50. The Balaban J connectivity index is 3.16. The number of hydrogen-bond acceptors (Lipinski definition) is 7. The molecule has 116 valence electrons. The Morgan fingerprint density at radius 1 is 1.10 bits per heavy atom. The number of nitro benzene ring substituents is 2. The fraction of sp³-hybridized carbons (Fsp3) is 0.400.